The molecule has 4 N–H and O–H groups in total. The molecule has 37 heavy (non-hydrogen) atoms. The molecule has 0 aliphatic rings. The van der Waals surface area contributed by atoms with Gasteiger partial charge in [-0.2, -0.15) is 0 Å². The third-order valence-electron chi connectivity index (χ3n) is 5.16. The first-order chi connectivity index (χ1) is 17.5. The fourth-order valence-electron chi connectivity index (χ4n) is 3.20. The largest absolute Gasteiger partial charge is 0.462 e. The molecule has 0 saturated heterocycles. The quantitative estimate of drug-likeness (QED) is 0.195. The minimum atomic E-state index is -1.02. The van der Waals surface area contributed by atoms with Crippen molar-refractivity contribution >= 4 is 23.9 Å². The molecule has 0 aromatic heterocycles. The van der Waals surface area contributed by atoms with E-state index in [2.05, 4.69) is 29.1 Å². The van der Waals surface area contributed by atoms with Gasteiger partial charge in [-0.1, -0.05) is 42.5 Å². The highest BCUT2D eigenvalue weighted by Crippen LogP contribution is 2.14. The first kappa shape index (κ1) is 31.4. The summed E-state index contributed by atoms with van der Waals surface area (Å²) < 4.78 is 10.5. The van der Waals surface area contributed by atoms with E-state index in [0.29, 0.717) is 0 Å². The number of ether oxygens (including phenoxy) is 2. The summed E-state index contributed by atoms with van der Waals surface area (Å²) in [7, 11) is 0. The average molecular weight is 518 g/mol. The Kier molecular flexibility index (Phi) is 13.7. The van der Waals surface area contributed by atoms with Gasteiger partial charge in [0, 0.05) is 12.5 Å². The van der Waals surface area contributed by atoms with Gasteiger partial charge in [-0.3, -0.25) is 9.59 Å². The van der Waals surface area contributed by atoms with Crippen molar-refractivity contribution in [2.24, 2.45) is 5.92 Å². The van der Waals surface area contributed by atoms with Crippen LogP contribution >= 0.6 is 0 Å². The topological polar surface area (TPSA) is 143 Å². The van der Waals surface area contributed by atoms with Crippen molar-refractivity contribution in [3.05, 3.63) is 61.2 Å². The number of carbonyl (C=O) groups is 4. The molecule has 0 heterocycles. The number of aliphatic hydroxyl groups excluding tert-OH is 1. The van der Waals surface area contributed by atoms with Crippen LogP contribution in [0.1, 0.15) is 45.6 Å². The second-order valence-corrected chi connectivity index (χ2v) is 9.34. The Morgan fingerprint density at radius 3 is 2.27 bits per heavy atom. The molecule has 0 aliphatic carbocycles. The monoisotopic (exact) mass is 517 g/mol. The number of esters is 1. The van der Waals surface area contributed by atoms with Gasteiger partial charge in [0.05, 0.1) is 18.1 Å². The SMILES string of the molecule is C=CC[C@@H](CC(=O)N[C@H](C)CO)C(=O)NC(C)(C)COC(=O)[C@@H](CC=C)NC(=O)OCc1ccccc1. The molecule has 3 atom stereocenters. The second-order valence-electron chi connectivity index (χ2n) is 9.34. The number of amides is 3. The summed E-state index contributed by atoms with van der Waals surface area (Å²) in [5.41, 5.74) is -0.166. The Labute approximate surface area is 218 Å². The number of carbonyl (C=O) groups excluding carboxylic acids is 4. The Balaban J connectivity index is 2.64. The first-order valence-electron chi connectivity index (χ1n) is 12.1. The summed E-state index contributed by atoms with van der Waals surface area (Å²) in [6.45, 7) is 11.9. The summed E-state index contributed by atoms with van der Waals surface area (Å²) in [4.78, 5) is 49.8. The molecule has 1 aromatic carbocycles. The maximum atomic E-state index is 12.8. The lowest BCUT2D eigenvalue weighted by molar-refractivity contribution is -0.149. The van der Waals surface area contributed by atoms with Crippen LogP contribution in [-0.4, -0.2) is 59.8 Å². The van der Waals surface area contributed by atoms with E-state index in [9.17, 15) is 19.2 Å². The zero-order chi connectivity index (χ0) is 27.8. The zero-order valence-corrected chi connectivity index (χ0v) is 21.8. The Hall–Kier alpha value is -3.66. The lowest BCUT2D eigenvalue weighted by Gasteiger charge is -2.29. The molecule has 0 bridgehead atoms. The lowest BCUT2D eigenvalue weighted by atomic mass is 9.97. The summed E-state index contributed by atoms with van der Waals surface area (Å²) in [6.07, 6.45) is 2.53. The zero-order valence-electron chi connectivity index (χ0n) is 21.8. The average Bonchev–Trinajstić information content (AvgIpc) is 2.85. The third kappa shape index (κ3) is 12.7. The van der Waals surface area contributed by atoms with Crippen molar-refractivity contribution < 1.29 is 33.8 Å². The predicted molar refractivity (Wildman–Crippen MR) is 139 cm³/mol. The molecule has 0 saturated carbocycles. The normalized spacial score (nSPS) is 13.3. The van der Waals surface area contributed by atoms with Gasteiger partial charge in [-0.25, -0.2) is 9.59 Å². The van der Waals surface area contributed by atoms with Crippen LogP contribution < -0.4 is 16.0 Å². The molecular formula is C27H39N3O7. The lowest BCUT2D eigenvalue weighted by Crippen LogP contribution is -2.51. The Bertz CT molecular complexity index is 918. The molecule has 1 aromatic rings. The molecule has 10 heteroatoms. The number of nitrogens with one attached hydrogen (secondary N) is 3. The van der Waals surface area contributed by atoms with Gasteiger partial charge in [-0.15, -0.1) is 13.2 Å². The van der Waals surface area contributed by atoms with E-state index in [1.165, 1.54) is 6.08 Å². The van der Waals surface area contributed by atoms with Crippen LogP contribution in [-0.2, 0) is 30.5 Å². The number of aliphatic hydroxyl groups is 1. The van der Waals surface area contributed by atoms with Gasteiger partial charge in [0.1, 0.15) is 19.3 Å². The fraction of sp³-hybridized carbons (Fsp3) is 0.481. The standard InChI is InChI=1S/C27H39N3O7/c1-6-11-21(15-23(32)28-19(3)16-31)24(33)30-27(4,5)18-37-25(34)22(12-7-2)29-26(35)36-17-20-13-9-8-10-14-20/h6-10,13-14,19,21-22,31H,1-2,11-12,15-18H2,3-5H3,(H,28,32)(H,29,35)(H,30,33)/t19-,21+,22-/m1/s1. The van der Waals surface area contributed by atoms with Gasteiger partial charge in [0.2, 0.25) is 11.8 Å². The molecule has 204 valence electrons. The highest BCUT2D eigenvalue weighted by Gasteiger charge is 2.30. The van der Waals surface area contributed by atoms with E-state index in [-0.39, 0.29) is 45.0 Å². The van der Waals surface area contributed by atoms with E-state index in [1.807, 2.05) is 18.2 Å². The molecule has 0 spiro atoms. The predicted octanol–water partition coefficient (Wildman–Crippen LogP) is 2.37. The molecule has 1 rings (SSSR count). The molecule has 0 radical (unpaired) electrons. The number of hydrogen-bond acceptors (Lipinski definition) is 7. The van der Waals surface area contributed by atoms with E-state index in [1.54, 1.807) is 39.0 Å². The molecule has 3 amide bonds. The van der Waals surface area contributed by atoms with Crippen LogP contribution in [0.2, 0.25) is 0 Å². The van der Waals surface area contributed by atoms with Gasteiger partial charge in [-0.05, 0) is 39.2 Å². The van der Waals surface area contributed by atoms with Gasteiger partial charge in [0.25, 0.3) is 0 Å². The molecule has 10 nitrogen and oxygen atoms in total. The van der Waals surface area contributed by atoms with Crippen molar-refractivity contribution in [2.75, 3.05) is 13.2 Å². The smallest absolute Gasteiger partial charge is 0.408 e. The summed E-state index contributed by atoms with van der Waals surface area (Å²) in [6, 6.07) is 7.66. The Morgan fingerprint density at radius 1 is 1.03 bits per heavy atom. The first-order valence-corrected chi connectivity index (χ1v) is 12.1. The molecular weight excluding hydrogens is 478 g/mol. The van der Waals surface area contributed by atoms with Crippen LogP contribution in [0.5, 0.6) is 0 Å². The van der Waals surface area contributed by atoms with E-state index < -0.39 is 41.5 Å². The molecule has 0 fully saturated rings. The number of benzene rings is 1. The van der Waals surface area contributed by atoms with Crippen molar-refractivity contribution in [3.8, 4) is 0 Å². The maximum absolute atomic E-state index is 12.8. The Morgan fingerprint density at radius 2 is 1.68 bits per heavy atom. The second kappa shape index (κ2) is 16.2. The highest BCUT2D eigenvalue weighted by molar-refractivity contribution is 5.86. The van der Waals surface area contributed by atoms with Gasteiger partial charge < -0.3 is 30.5 Å². The van der Waals surface area contributed by atoms with E-state index in [0.717, 1.165) is 5.56 Å². The highest BCUT2D eigenvalue weighted by atomic mass is 16.6. The summed E-state index contributed by atoms with van der Waals surface area (Å²) in [5, 5.41) is 17.0. The number of allylic oxidation sites excluding steroid dienone is 1. The fourth-order valence-corrected chi connectivity index (χ4v) is 3.20. The van der Waals surface area contributed by atoms with Gasteiger partial charge in [0.15, 0.2) is 0 Å². The van der Waals surface area contributed by atoms with Crippen LogP contribution in [0, 0.1) is 5.92 Å². The van der Waals surface area contributed by atoms with Crippen molar-refractivity contribution in [1.29, 1.82) is 0 Å². The maximum Gasteiger partial charge on any atom is 0.408 e. The van der Waals surface area contributed by atoms with Crippen LogP contribution in [0.15, 0.2) is 55.6 Å². The van der Waals surface area contributed by atoms with E-state index in [4.69, 9.17) is 14.6 Å². The molecule has 0 aliphatic heterocycles. The van der Waals surface area contributed by atoms with Crippen LogP contribution in [0.3, 0.4) is 0 Å². The van der Waals surface area contributed by atoms with Gasteiger partial charge >= 0.3 is 12.1 Å². The third-order valence-corrected chi connectivity index (χ3v) is 5.16. The minimum absolute atomic E-state index is 0.0460. The number of alkyl carbamates (subject to hydrolysis) is 1. The van der Waals surface area contributed by atoms with Crippen molar-refractivity contribution in [1.82, 2.24) is 16.0 Å². The summed E-state index contributed by atoms with van der Waals surface area (Å²) >= 11 is 0. The number of hydrogen-bond donors (Lipinski definition) is 4. The van der Waals surface area contributed by atoms with Crippen molar-refractivity contribution in [3.63, 3.8) is 0 Å². The van der Waals surface area contributed by atoms with E-state index >= 15 is 0 Å². The summed E-state index contributed by atoms with van der Waals surface area (Å²) in [5.74, 6) is -2.17. The number of rotatable bonds is 16. The van der Waals surface area contributed by atoms with Crippen LogP contribution in [0.4, 0.5) is 4.79 Å². The molecule has 0 unspecified atom stereocenters. The van der Waals surface area contributed by atoms with Crippen molar-refractivity contribution in [2.45, 2.75) is 64.3 Å². The van der Waals surface area contributed by atoms with Crippen LogP contribution in [0.25, 0.3) is 0 Å². The minimum Gasteiger partial charge on any atom is -0.462 e.